The van der Waals surface area contributed by atoms with E-state index in [2.05, 4.69) is 12.2 Å². The van der Waals surface area contributed by atoms with Crippen molar-refractivity contribution >= 4 is 11.6 Å². The van der Waals surface area contributed by atoms with Gasteiger partial charge < -0.3 is 14.8 Å². The molecule has 1 heterocycles. The molecule has 3 nitrogen and oxygen atoms in total. The number of halogens is 1. The van der Waals surface area contributed by atoms with Gasteiger partial charge in [-0.05, 0) is 64.3 Å². The van der Waals surface area contributed by atoms with Crippen LogP contribution in [0.4, 0.5) is 0 Å². The first kappa shape index (κ1) is 16.6. The SMILES string of the molecule is CNC(CCCC1CCCO1)C(C)Oc1cccc(Cl)c1. The van der Waals surface area contributed by atoms with E-state index in [0.717, 1.165) is 25.2 Å². The van der Waals surface area contributed by atoms with Gasteiger partial charge in [-0.2, -0.15) is 0 Å². The minimum atomic E-state index is 0.109. The summed E-state index contributed by atoms with van der Waals surface area (Å²) < 4.78 is 11.7. The zero-order valence-electron chi connectivity index (χ0n) is 13.0. The summed E-state index contributed by atoms with van der Waals surface area (Å²) in [5.74, 6) is 0.828. The van der Waals surface area contributed by atoms with Gasteiger partial charge in [-0.15, -0.1) is 0 Å². The van der Waals surface area contributed by atoms with Crippen LogP contribution < -0.4 is 10.1 Å². The highest BCUT2D eigenvalue weighted by molar-refractivity contribution is 6.30. The van der Waals surface area contributed by atoms with Gasteiger partial charge in [0.1, 0.15) is 11.9 Å². The molecule has 4 heteroatoms. The van der Waals surface area contributed by atoms with Gasteiger partial charge in [-0.3, -0.25) is 0 Å². The van der Waals surface area contributed by atoms with Crippen LogP contribution in [-0.4, -0.2) is 31.9 Å². The van der Waals surface area contributed by atoms with Crippen molar-refractivity contribution in [3.05, 3.63) is 29.3 Å². The molecule has 0 spiro atoms. The van der Waals surface area contributed by atoms with E-state index in [1.807, 2.05) is 31.3 Å². The van der Waals surface area contributed by atoms with Crippen LogP contribution in [0.25, 0.3) is 0 Å². The lowest BCUT2D eigenvalue weighted by atomic mass is 10.0. The molecule has 0 aromatic heterocycles. The third-order valence-electron chi connectivity index (χ3n) is 4.12. The Kier molecular flexibility index (Phi) is 6.81. The normalized spacial score (nSPS) is 21.2. The predicted molar refractivity (Wildman–Crippen MR) is 87.2 cm³/mol. The van der Waals surface area contributed by atoms with Crippen LogP contribution in [-0.2, 0) is 4.74 Å². The molecule has 118 valence electrons. The molecule has 2 rings (SSSR count). The van der Waals surface area contributed by atoms with Gasteiger partial charge in [0.25, 0.3) is 0 Å². The molecule has 0 amide bonds. The lowest BCUT2D eigenvalue weighted by Crippen LogP contribution is -2.39. The van der Waals surface area contributed by atoms with Gasteiger partial charge >= 0.3 is 0 Å². The maximum Gasteiger partial charge on any atom is 0.121 e. The Bertz CT molecular complexity index is 421. The molecular formula is C17H26ClNO2. The maximum absolute atomic E-state index is 5.99. The summed E-state index contributed by atoms with van der Waals surface area (Å²) in [5.41, 5.74) is 0. The Balaban J connectivity index is 1.76. The van der Waals surface area contributed by atoms with Crippen molar-refractivity contribution in [3.63, 3.8) is 0 Å². The number of nitrogens with one attached hydrogen (secondary N) is 1. The van der Waals surface area contributed by atoms with Crippen LogP contribution in [0.3, 0.4) is 0 Å². The smallest absolute Gasteiger partial charge is 0.121 e. The van der Waals surface area contributed by atoms with Gasteiger partial charge in [-0.1, -0.05) is 17.7 Å². The monoisotopic (exact) mass is 311 g/mol. The second kappa shape index (κ2) is 8.62. The fourth-order valence-corrected chi connectivity index (χ4v) is 3.07. The highest BCUT2D eigenvalue weighted by atomic mass is 35.5. The van der Waals surface area contributed by atoms with E-state index in [9.17, 15) is 0 Å². The molecule has 1 aromatic carbocycles. The summed E-state index contributed by atoms with van der Waals surface area (Å²) in [4.78, 5) is 0. The van der Waals surface area contributed by atoms with E-state index in [4.69, 9.17) is 21.1 Å². The first-order chi connectivity index (χ1) is 10.2. The molecule has 1 saturated heterocycles. The minimum absolute atomic E-state index is 0.109. The van der Waals surface area contributed by atoms with E-state index in [0.29, 0.717) is 17.2 Å². The number of ether oxygens (including phenoxy) is 2. The third-order valence-corrected chi connectivity index (χ3v) is 4.36. The summed E-state index contributed by atoms with van der Waals surface area (Å²) in [6.07, 6.45) is 6.44. The molecule has 0 radical (unpaired) electrons. The van der Waals surface area contributed by atoms with Gasteiger partial charge in [0, 0.05) is 17.7 Å². The number of hydrogen-bond donors (Lipinski definition) is 1. The van der Waals surface area contributed by atoms with Gasteiger partial charge in [0.15, 0.2) is 0 Å². The third kappa shape index (κ3) is 5.50. The number of hydrogen-bond acceptors (Lipinski definition) is 3. The Morgan fingerprint density at radius 3 is 3.00 bits per heavy atom. The van der Waals surface area contributed by atoms with Crippen LogP contribution in [0.2, 0.25) is 5.02 Å². The van der Waals surface area contributed by atoms with E-state index < -0.39 is 0 Å². The largest absolute Gasteiger partial charge is 0.489 e. The molecule has 3 unspecified atom stereocenters. The van der Waals surface area contributed by atoms with Crippen molar-refractivity contribution < 1.29 is 9.47 Å². The second-order valence-electron chi connectivity index (χ2n) is 5.74. The summed E-state index contributed by atoms with van der Waals surface area (Å²) >= 11 is 5.99. The molecule has 1 fully saturated rings. The Hall–Kier alpha value is -0.770. The molecule has 21 heavy (non-hydrogen) atoms. The fourth-order valence-electron chi connectivity index (χ4n) is 2.89. The highest BCUT2D eigenvalue weighted by Gasteiger charge is 2.19. The zero-order valence-corrected chi connectivity index (χ0v) is 13.7. The highest BCUT2D eigenvalue weighted by Crippen LogP contribution is 2.21. The van der Waals surface area contributed by atoms with E-state index in [-0.39, 0.29) is 6.10 Å². The standard InChI is InChI=1S/C17H26ClNO2/c1-13(21-16-8-3-6-14(18)12-16)17(19-2)10-4-7-15-9-5-11-20-15/h3,6,8,12-13,15,17,19H,4-5,7,9-11H2,1-2H3. The molecule has 0 bridgehead atoms. The van der Waals surface area contributed by atoms with Crippen LogP contribution in [0, 0.1) is 0 Å². The molecule has 1 aromatic rings. The number of likely N-dealkylation sites (N-methyl/N-ethyl adjacent to an activating group) is 1. The molecule has 1 N–H and O–H groups in total. The van der Waals surface area contributed by atoms with E-state index in [1.54, 1.807) is 0 Å². The molecule has 3 atom stereocenters. The fraction of sp³-hybridized carbons (Fsp3) is 0.647. The first-order valence-electron chi connectivity index (χ1n) is 7.90. The average Bonchev–Trinajstić information content (AvgIpc) is 2.96. The second-order valence-corrected chi connectivity index (χ2v) is 6.18. The lowest BCUT2D eigenvalue weighted by molar-refractivity contribution is 0.0982. The Morgan fingerprint density at radius 2 is 2.33 bits per heavy atom. The van der Waals surface area contributed by atoms with Gasteiger partial charge in [0.2, 0.25) is 0 Å². The minimum Gasteiger partial charge on any atom is -0.489 e. The number of rotatable bonds is 8. The molecule has 0 saturated carbocycles. The topological polar surface area (TPSA) is 30.5 Å². The van der Waals surface area contributed by atoms with Crippen LogP contribution in [0.5, 0.6) is 5.75 Å². The van der Waals surface area contributed by atoms with Crippen molar-refractivity contribution in [1.29, 1.82) is 0 Å². The van der Waals surface area contributed by atoms with E-state index in [1.165, 1.54) is 19.3 Å². The quantitative estimate of drug-likeness (QED) is 0.786. The maximum atomic E-state index is 5.99. The van der Waals surface area contributed by atoms with Crippen molar-refractivity contribution in [1.82, 2.24) is 5.32 Å². The van der Waals surface area contributed by atoms with Gasteiger partial charge in [-0.25, -0.2) is 0 Å². The van der Waals surface area contributed by atoms with Crippen molar-refractivity contribution in [3.8, 4) is 5.75 Å². The van der Waals surface area contributed by atoms with Crippen LogP contribution >= 0.6 is 11.6 Å². The van der Waals surface area contributed by atoms with Crippen LogP contribution in [0.15, 0.2) is 24.3 Å². The molecule has 0 aliphatic carbocycles. The number of benzene rings is 1. The lowest BCUT2D eigenvalue weighted by Gasteiger charge is -2.25. The summed E-state index contributed by atoms with van der Waals surface area (Å²) in [6, 6.07) is 7.91. The molecule has 1 aliphatic rings. The van der Waals surface area contributed by atoms with Crippen molar-refractivity contribution in [2.75, 3.05) is 13.7 Å². The van der Waals surface area contributed by atoms with Crippen LogP contribution in [0.1, 0.15) is 39.0 Å². The molecular weight excluding hydrogens is 286 g/mol. The average molecular weight is 312 g/mol. The first-order valence-corrected chi connectivity index (χ1v) is 8.28. The predicted octanol–water partition coefficient (Wildman–Crippen LogP) is 4.04. The van der Waals surface area contributed by atoms with Crippen molar-refractivity contribution in [2.45, 2.75) is 57.3 Å². The summed E-state index contributed by atoms with van der Waals surface area (Å²) in [7, 11) is 1.99. The summed E-state index contributed by atoms with van der Waals surface area (Å²) in [5, 5.41) is 4.07. The zero-order chi connectivity index (χ0) is 15.1. The van der Waals surface area contributed by atoms with Gasteiger partial charge in [0.05, 0.1) is 6.10 Å². The van der Waals surface area contributed by atoms with Crippen molar-refractivity contribution in [2.24, 2.45) is 0 Å². The Morgan fingerprint density at radius 1 is 1.48 bits per heavy atom. The Labute approximate surface area is 133 Å². The van der Waals surface area contributed by atoms with E-state index >= 15 is 0 Å². The summed E-state index contributed by atoms with van der Waals surface area (Å²) in [6.45, 7) is 3.04. The molecule has 1 aliphatic heterocycles.